The number of benzene rings is 2. The fourth-order valence-electron chi connectivity index (χ4n) is 2.42. The molecule has 0 amide bonds. The van der Waals surface area contributed by atoms with Gasteiger partial charge in [-0.15, -0.1) is 29.8 Å². The van der Waals surface area contributed by atoms with Crippen LogP contribution >= 0.6 is 7.26 Å². The van der Waals surface area contributed by atoms with Crippen molar-refractivity contribution in [2.24, 2.45) is 0 Å². The van der Waals surface area contributed by atoms with Crippen LogP contribution in [-0.4, -0.2) is 18.3 Å². The molecule has 3 rings (SSSR count). The average Bonchev–Trinajstić information content (AvgIpc) is 2.57. The minimum Gasteiger partial charge on any atom is -0.305 e. The molecule has 0 fully saturated rings. The van der Waals surface area contributed by atoms with Gasteiger partial charge < -0.3 is 4.98 Å². The second kappa shape index (κ2) is 7.29. The molecule has 22 heavy (non-hydrogen) atoms. The van der Waals surface area contributed by atoms with E-state index in [-0.39, 0.29) is 20.1 Å². The Morgan fingerprint density at radius 1 is 0.864 bits per heavy atom. The molecule has 0 aliphatic heterocycles. The average molecular weight is 484 g/mol. The molecule has 0 spiro atoms. The van der Waals surface area contributed by atoms with Crippen LogP contribution in [0.5, 0.6) is 0 Å². The van der Waals surface area contributed by atoms with E-state index >= 15 is 0 Å². The molecule has 1 heterocycles. The number of rotatable bonds is 3. The van der Waals surface area contributed by atoms with Crippen molar-refractivity contribution in [1.82, 2.24) is 4.98 Å². The number of aromatic nitrogens is 1. The molecular weight excluding hydrogens is 465 g/mol. The predicted octanol–water partition coefficient (Wildman–Crippen LogP) is 3.77. The Balaban J connectivity index is 0.00000176. The smallest absolute Gasteiger partial charge is 0.0968 e. The third-order valence-electron chi connectivity index (χ3n) is 3.77. The fourth-order valence-corrected chi connectivity index (χ4v) is 4.54. The van der Waals surface area contributed by atoms with E-state index < -0.39 is 7.26 Å². The summed E-state index contributed by atoms with van der Waals surface area (Å²) in [6.45, 7) is 4.72. The van der Waals surface area contributed by atoms with Crippen molar-refractivity contribution < 1.29 is 20.1 Å². The quantitative estimate of drug-likeness (QED) is 0.408. The Hall–Kier alpha value is -1.33. The van der Waals surface area contributed by atoms with Gasteiger partial charge in [-0.2, -0.15) is 0 Å². The standard InChI is InChI=1S/C19H18NP.Ir/c1-21(2,17-10-4-3-5-11-17)18-12-8-9-16(15-18)19-13-6-7-14-20-19;/h3-8,10-15H,1-2H3;. The number of pyridine rings is 1. The maximum Gasteiger partial charge on any atom is 0.0968 e. The summed E-state index contributed by atoms with van der Waals surface area (Å²) in [4.78, 5) is 4.43. The first kappa shape index (κ1) is 17.0. The van der Waals surface area contributed by atoms with Gasteiger partial charge in [-0.1, -0.05) is 30.3 Å². The van der Waals surface area contributed by atoms with Crippen molar-refractivity contribution >= 4 is 17.9 Å². The van der Waals surface area contributed by atoms with Gasteiger partial charge in [0.1, 0.15) is 0 Å². The summed E-state index contributed by atoms with van der Waals surface area (Å²) in [5.74, 6) is 0. The summed E-state index contributed by atoms with van der Waals surface area (Å²) in [6, 6.07) is 26.5. The molecule has 0 bridgehead atoms. The molecule has 2 aromatic carbocycles. The van der Waals surface area contributed by atoms with E-state index in [1.165, 1.54) is 10.6 Å². The number of hydrogen-bond donors (Lipinski definition) is 0. The first-order valence-corrected chi connectivity index (χ1v) is 9.69. The maximum atomic E-state index is 4.43. The van der Waals surface area contributed by atoms with Crippen LogP contribution in [0.15, 0.2) is 72.9 Å². The van der Waals surface area contributed by atoms with Gasteiger partial charge in [0.2, 0.25) is 0 Å². The van der Waals surface area contributed by atoms with Crippen LogP contribution in [0, 0.1) is 6.07 Å². The van der Waals surface area contributed by atoms with Gasteiger partial charge >= 0.3 is 0 Å². The van der Waals surface area contributed by atoms with E-state index in [0.29, 0.717) is 0 Å². The van der Waals surface area contributed by atoms with E-state index in [2.05, 4.69) is 66.8 Å². The first-order valence-electron chi connectivity index (χ1n) is 7.01. The molecule has 0 saturated carbocycles. The molecule has 113 valence electrons. The predicted molar refractivity (Wildman–Crippen MR) is 93.0 cm³/mol. The van der Waals surface area contributed by atoms with Crippen molar-refractivity contribution in [3.8, 4) is 11.3 Å². The Kier molecular flexibility index (Phi) is 5.64. The number of hydrogen-bond acceptors (Lipinski definition) is 1. The molecule has 1 radical (unpaired) electrons. The molecule has 3 aromatic rings. The summed E-state index contributed by atoms with van der Waals surface area (Å²) in [6.07, 6.45) is 1.83. The SMILES string of the molecule is C[P+](C)(c1ccccc1)c1cc[c-]c(-c2ccccn2)c1.[Ir]. The van der Waals surface area contributed by atoms with Crippen LogP contribution < -0.4 is 10.6 Å². The normalized spacial score (nSPS) is 10.8. The van der Waals surface area contributed by atoms with Gasteiger partial charge in [0.15, 0.2) is 0 Å². The first-order chi connectivity index (χ1) is 10.2. The fraction of sp³-hybridized carbons (Fsp3) is 0.105. The van der Waals surface area contributed by atoms with Crippen LogP contribution in [0.3, 0.4) is 0 Å². The van der Waals surface area contributed by atoms with Gasteiger partial charge in [0.05, 0.1) is 25.9 Å². The molecule has 0 aliphatic carbocycles. The van der Waals surface area contributed by atoms with Crippen LogP contribution in [0.1, 0.15) is 0 Å². The van der Waals surface area contributed by atoms with Crippen LogP contribution in [0.2, 0.25) is 0 Å². The Morgan fingerprint density at radius 2 is 1.59 bits per heavy atom. The Labute approximate surface area is 146 Å². The third-order valence-corrected chi connectivity index (χ3v) is 6.93. The zero-order valence-corrected chi connectivity index (χ0v) is 15.9. The summed E-state index contributed by atoms with van der Waals surface area (Å²) in [5, 5.41) is 2.80. The third kappa shape index (κ3) is 3.52. The van der Waals surface area contributed by atoms with E-state index in [4.69, 9.17) is 0 Å². The van der Waals surface area contributed by atoms with Crippen LogP contribution in [0.25, 0.3) is 11.3 Å². The zero-order chi connectivity index (χ0) is 14.7. The van der Waals surface area contributed by atoms with E-state index in [1.807, 2.05) is 30.5 Å². The van der Waals surface area contributed by atoms with Crippen LogP contribution in [-0.2, 0) is 20.1 Å². The van der Waals surface area contributed by atoms with Gasteiger partial charge in [-0.25, -0.2) is 0 Å². The van der Waals surface area contributed by atoms with Crippen molar-refractivity contribution in [1.29, 1.82) is 0 Å². The van der Waals surface area contributed by atoms with Crippen molar-refractivity contribution in [3.63, 3.8) is 0 Å². The molecule has 0 atom stereocenters. The van der Waals surface area contributed by atoms with Gasteiger partial charge in [0, 0.05) is 31.6 Å². The second-order valence-electron chi connectivity index (χ2n) is 5.46. The van der Waals surface area contributed by atoms with Gasteiger partial charge in [-0.05, 0) is 23.9 Å². The largest absolute Gasteiger partial charge is 0.305 e. The monoisotopic (exact) mass is 484 g/mol. The van der Waals surface area contributed by atoms with Crippen molar-refractivity contribution in [2.45, 2.75) is 0 Å². The summed E-state index contributed by atoms with van der Waals surface area (Å²) in [5.41, 5.74) is 2.05. The van der Waals surface area contributed by atoms with E-state index in [1.54, 1.807) is 0 Å². The van der Waals surface area contributed by atoms with E-state index in [9.17, 15) is 0 Å². The molecule has 0 unspecified atom stereocenters. The maximum absolute atomic E-state index is 4.43. The van der Waals surface area contributed by atoms with Crippen LogP contribution in [0.4, 0.5) is 0 Å². The molecular formula is C19H18IrNP. The zero-order valence-electron chi connectivity index (χ0n) is 12.7. The van der Waals surface area contributed by atoms with E-state index in [0.717, 1.165) is 11.3 Å². The topological polar surface area (TPSA) is 12.9 Å². The minimum absolute atomic E-state index is 0. The van der Waals surface area contributed by atoms with Gasteiger partial charge in [0.25, 0.3) is 0 Å². The summed E-state index contributed by atoms with van der Waals surface area (Å²) < 4.78 is 0. The summed E-state index contributed by atoms with van der Waals surface area (Å²) in [7, 11) is -1.34. The molecule has 0 N–H and O–H groups in total. The molecule has 3 heteroatoms. The second-order valence-corrected chi connectivity index (χ2v) is 9.40. The molecule has 1 aromatic heterocycles. The molecule has 0 saturated heterocycles. The van der Waals surface area contributed by atoms with Gasteiger partial charge in [-0.3, -0.25) is 0 Å². The summed E-state index contributed by atoms with van der Waals surface area (Å²) >= 11 is 0. The minimum atomic E-state index is -1.34. The molecule has 0 aliphatic rings. The number of nitrogens with zero attached hydrogens (tertiary/aromatic N) is 1. The van der Waals surface area contributed by atoms with Crippen molar-refractivity contribution in [2.75, 3.05) is 13.3 Å². The Bertz CT molecular complexity index is 727. The Morgan fingerprint density at radius 3 is 2.27 bits per heavy atom. The molecule has 1 nitrogen and oxygen atoms in total. The van der Waals surface area contributed by atoms with Crippen molar-refractivity contribution in [3.05, 3.63) is 79.0 Å².